The van der Waals surface area contributed by atoms with Crippen LogP contribution in [0, 0.1) is 23.3 Å². The predicted octanol–water partition coefficient (Wildman–Crippen LogP) is 2.37. The largest absolute Gasteiger partial charge is 0.467 e. The second-order valence-corrected chi connectivity index (χ2v) is 5.34. The van der Waals surface area contributed by atoms with Crippen molar-refractivity contribution in [2.24, 2.45) is 0 Å². The molecule has 0 aliphatic carbocycles. The van der Waals surface area contributed by atoms with E-state index in [-0.39, 0.29) is 0 Å². The topological polar surface area (TPSA) is 81.7 Å². The number of rotatable bonds is 6. The first-order chi connectivity index (χ1) is 13.3. The fourth-order valence-corrected chi connectivity index (χ4v) is 2.18. The van der Waals surface area contributed by atoms with Gasteiger partial charge in [-0.1, -0.05) is 12.1 Å². The van der Waals surface area contributed by atoms with Gasteiger partial charge in [-0.3, -0.25) is 4.79 Å². The molecule has 6 nitrogen and oxygen atoms in total. The van der Waals surface area contributed by atoms with E-state index in [1.54, 1.807) is 0 Å². The van der Waals surface area contributed by atoms with E-state index in [0.29, 0.717) is 0 Å². The molecule has 148 valence electrons. The number of esters is 2. The van der Waals surface area contributed by atoms with Crippen molar-refractivity contribution in [1.29, 1.82) is 0 Å². The Kier molecular flexibility index (Phi) is 6.69. The van der Waals surface area contributed by atoms with Crippen molar-refractivity contribution in [1.82, 2.24) is 5.32 Å². The molecule has 1 atom stereocenters. The van der Waals surface area contributed by atoms with Crippen molar-refractivity contribution in [2.45, 2.75) is 6.04 Å². The molecule has 2 aromatic carbocycles. The van der Waals surface area contributed by atoms with Gasteiger partial charge in [0.15, 0.2) is 6.04 Å². The molecule has 2 aromatic rings. The van der Waals surface area contributed by atoms with Crippen LogP contribution >= 0.6 is 0 Å². The molecule has 0 spiro atoms. The summed E-state index contributed by atoms with van der Waals surface area (Å²) in [6, 6.07) is 3.67. The molecule has 0 saturated carbocycles. The lowest BCUT2D eigenvalue weighted by Gasteiger charge is -2.17. The van der Waals surface area contributed by atoms with Crippen LogP contribution in [0.15, 0.2) is 36.4 Å². The Hall–Kier alpha value is -3.43. The van der Waals surface area contributed by atoms with Crippen LogP contribution in [0.4, 0.5) is 17.6 Å². The number of nitrogens with one attached hydrogen (secondary N) is 1. The smallest absolute Gasteiger partial charge is 0.344 e. The molecule has 0 saturated heterocycles. The summed E-state index contributed by atoms with van der Waals surface area (Å²) in [5.41, 5.74) is -1.97. The van der Waals surface area contributed by atoms with Crippen molar-refractivity contribution >= 4 is 17.8 Å². The summed E-state index contributed by atoms with van der Waals surface area (Å²) < 4.78 is 63.6. The van der Waals surface area contributed by atoms with E-state index in [4.69, 9.17) is 0 Å². The van der Waals surface area contributed by atoms with E-state index in [1.165, 1.54) is 0 Å². The van der Waals surface area contributed by atoms with Gasteiger partial charge >= 0.3 is 11.9 Å². The van der Waals surface area contributed by atoms with Crippen molar-refractivity contribution in [3.63, 3.8) is 0 Å². The van der Waals surface area contributed by atoms with E-state index in [9.17, 15) is 31.9 Å². The Balaban J connectivity index is 2.15. The predicted molar refractivity (Wildman–Crippen MR) is 86.3 cm³/mol. The van der Waals surface area contributed by atoms with Crippen LogP contribution in [0.3, 0.4) is 0 Å². The van der Waals surface area contributed by atoms with Gasteiger partial charge < -0.3 is 14.8 Å². The molecule has 28 heavy (non-hydrogen) atoms. The second kappa shape index (κ2) is 8.98. The standard InChI is InChI=1S/C18H13F4NO5/c1-27-17(25)13(23-16(24)14-9(19)4-2-5-10(14)20)8-28-18(26)15-11(21)6-3-7-12(15)22/h2-7,13H,8H2,1H3,(H,23,24)/t13-/m1/s1. The average molecular weight is 399 g/mol. The SMILES string of the molecule is COC(=O)[C@@H](COC(=O)c1c(F)cccc1F)NC(=O)c1c(F)cccc1F. The minimum absolute atomic E-state index is 0.820. The molecule has 1 N–H and O–H groups in total. The molecule has 0 fully saturated rings. The zero-order valence-corrected chi connectivity index (χ0v) is 14.3. The van der Waals surface area contributed by atoms with Crippen molar-refractivity contribution in [2.75, 3.05) is 13.7 Å². The number of ether oxygens (including phenoxy) is 2. The Bertz CT molecular complexity index is 878. The van der Waals surface area contributed by atoms with E-state index in [2.05, 4.69) is 9.47 Å². The van der Waals surface area contributed by atoms with E-state index >= 15 is 0 Å². The van der Waals surface area contributed by atoms with E-state index in [1.807, 2.05) is 5.32 Å². The summed E-state index contributed by atoms with van der Waals surface area (Å²) in [4.78, 5) is 35.7. The average Bonchev–Trinajstić information content (AvgIpc) is 2.64. The highest BCUT2D eigenvalue weighted by atomic mass is 19.1. The number of amides is 1. The highest BCUT2D eigenvalue weighted by Crippen LogP contribution is 2.14. The summed E-state index contributed by atoms with van der Waals surface area (Å²) in [6.07, 6.45) is 0. The summed E-state index contributed by atoms with van der Waals surface area (Å²) in [5, 5.41) is 1.94. The third-order valence-corrected chi connectivity index (χ3v) is 3.53. The Morgan fingerprint density at radius 1 is 0.893 bits per heavy atom. The number of hydrogen-bond acceptors (Lipinski definition) is 5. The van der Waals surface area contributed by atoms with Gasteiger partial charge in [-0.15, -0.1) is 0 Å². The maximum absolute atomic E-state index is 13.7. The lowest BCUT2D eigenvalue weighted by Crippen LogP contribution is -2.45. The Morgan fingerprint density at radius 3 is 1.82 bits per heavy atom. The third-order valence-electron chi connectivity index (χ3n) is 3.53. The maximum atomic E-state index is 13.7. The first-order valence-electron chi connectivity index (χ1n) is 7.70. The molecule has 0 bridgehead atoms. The molecule has 0 aliphatic rings. The number of methoxy groups -OCH3 is 1. The van der Waals surface area contributed by atoms with Crippen LogP contribution in [-0.4, -0.2) is 37.6 Å². The molecule has 2 rings (SSSR count). The number of benzene rings is 2. The first-order valence-corrected chi connectivity index (χ1v) is 7.70. The third kappa shape index (κ3) is 4.64. The summed E-state index contributed by atoms with van der Waals surface area (Å²) in [7, 11) is 0.948. The molecule has 0 aliphatic heterocycles. The fraction of sp³-hybridized carbons (Fsp3) is 0.167. The highest BCUT2D eigenvalue weighted by molar-refractivity contribution is 5.97. The molecule has 0 radical (unpaired) electrons. The van der Waals surface area contributed by atoms with Crippen molar-refractivity contribution < 1.29 is 41.4 Å². The molecule has 1 amide bonds. The normalized spacial score (nSPS) is 11.5. The maximum Gasteiger partial charge on any atom is 0.344 e. The van der Waals surface area contributed by atoms with Gasteiger partial charge in [-0.2, -0.15) is 0 Å². The van der Waals surface area contributed by atoms with Gasteiger partial charge in [0, 0.05) is 0 Å². The van der Waals surface area contributed by atoms with Gasteiger partial charge in [-0.05, 0) is 24.3 Å². The monoisotopic (exact) mass is 399 g/mol. The minimum atomic E-state index is -1.68. The highest BCUT2D eigenvalue weighted by Gasteiger charge is 2.28. The molecular weight excluding hydrogens is 386 g/mol. The van der Waals surface area contributed by atoms with E-state index < -0.39 is 64.9 Å². The number of hydrogen-bond donors (Lipinski definition) is 1. The number of halogens is 4. The second-order valence-electron chi connectivity index (χ2n) is 5.34. The van der Waals surface area contributed by atoms with Gasteiger partial charge in [0.05, 0.1) is 7.11 Å². The van der Waals surface area contributed by atoms with Crippen LogP contribution in [-0.2, 0) is 14.3 Å². The first kappa shape index (κ1) is 20.9. The fourth-order valence-electron chi connectivity index (χ4n) is 2.18. The molecule has 0 unspecified atom stereocenters. The van der Waals surface area contributed by atoms with Crippen LogP contribution in [0.1, 0.15) is 20.7 Å². The van der Waals surface area contributed by atoms with Gasteiger partial charge in [-0.25, -0.2) is 27.2 Å². The molecule has 0 heterocycles. The molecule has 0 aromatic heterocycles. The van der Waals surface area contributed by atoms with Crippen LogP contribution < -0.4 is 5.32 Å². The van der Waals surface area contributed by atoms with Crippen LogP contribution in [0.2, 0.25) is 0 Å². The summed E-state index contributed by atoms with van der Waals surface area (Å²) in [6.45, 7) is -0.902. The van der Waals surface area contributed by atoms with Crippen molar-refractivity contribution in [3.8, 4) is 0 Å². The molecule has 10 heteroatoms. The van der Waals surface area contributed by atoms with Crippen LogP contribution in [0.5, 0.6) is 0 Å². The Morgan fingerprint density at radius 2 is 1.36 bits per heavy atom. The van der Waals surface area contributed by atoms with Crippen molar-refractivity contribution in [3.05, 3.63) is 70.8 Å². The number of carbonyl (C=O) groups excluding carboxylic acids is 3. The van der Waals surface area contributed by atoms with Crippen LogP contribution in [0.25, 0.3) is 0 Å². The number of carbonyl (C=O) groups is 3. The Labute approximate surface area is 156 Å². The van der Waals surface area contributed by atoms with Gasteiger partial charge in [0.2, 0.25) is 0 Å². The summed E-state index contributed by atoms with van der Waals surface area (Å²) in [5.74, 6) is -8.66. The lowest BCUT2D eigenvalue weighted by molar-refractivity contribution is -0.143. The van der Waals surface area contributed by atoms with Gasteiger partial charge in [0.1, 0.15) is 41.0 Å². The lowest BCUT2D eigenvalue weighted by atomic mass is 10.1. The van der Waals surface area contributed by atoms with Gasteiger partial charge in [0.25, 0.3) is 5.91 Å². The zero-order valence-electron chi connectivity index (χ0n) is 14.3. The minimum Gasteiger partial charge on any atom is -0.467 e. The summed E-state index contributed by atoms with van der Waals surface area (Å²) >= 11 is 0. The quantitative estimate of drug-likeness (QED) is 0.596. The van der Waals surface area contributed by atoms with E-state index in [0.717, 1.165) is 43.5 Å². The zero-order chi connectivity index (χ0) is 20.8. The molecular formula is C18H13F4NO5.